The maximum absolute atomic E-state index is 14.1. The van der Waals surface area contributed by atoms with E-state index in [1.165, 1.54) is 18.3 Å². The Morgan fingerprint density at radius 2 is 1.91 bits per heavy atom. The summed E-state index contributed by atoms with van der Waals surface area (Å²) in [4.78, 5) is 10.9. The number of nitrogens with zero attached hydrogens (tertiary/aromatic N) is 4. The minimum Gasteiger partial charge on any atom is -0.370 e. The molecule has 0 fully saturated rings. The first-order valence-electron chi connectivity index (χ1n) is 10.3. The van der Waals surface area contributed by atoms with Crippen LogP contribution in [0.3, 0.4) is 0 Å². The molecule has 0 aliphatic heterocycles. The second-order valence-electron chi connectivity index (χ2n) is 7.78. The lowest BCUT2D eigenvalue weighted by atomic mass is 10.1. The standard InChI is InChI=1S/C23H17F5N6/c1-12-15(16-3-2-4-18(25)21(16)32-12)5-6-30-20-8-19(13-7-14(24)10-29-9-13)33-22-17(23(26,27)28)11-31-34(20)22/h2-4,7-11,30,32H,5-6H2,1H3. The summed E-state index contributed by atoms with van der Waals surface area (Å²) in [6, 6.07) is 7.42. The normalized spacial score (nSPS) is 12.1. The van der Waals surface area contributed by atoms with Gasteiger partial charge in [0.1, 0.15) is 23.0 Å². The zero-order chi connectivity index (χ0) is 24.0. The van der Waals surface area contributed by atoms with Crippen LogP contribution in [0.5, 0.6) is 0 Å². The van der Waals surface area contributed by atoms with Gasteiger partial charge in [0.05, 0.1) is 23.6 Å². The summed E-state index contributed by atoms with van der Waals surface area (Å²) in [7, 11) is 0. The SMILES string of the molecule is Cc1[nH]c2c(F)cccc2c1CCNc1cc(-c2cncc(F)c2)nc2c(C(F)(F)F)cnn12. The number of aryl methyl sites for hydroxylation is 1. The molecule has 4 heterocycles. The van der Waals surface area contributed by atoms with Crippen molar-refractivity contribution in [3.63, 3.8) is 0 Å². The molecule has 0 radical (unpaired) electrons. The Morgan fingerprint density at radius 3 is 2.68 bits per heavy atom. The van der Waals surface area contributed by atoms with E-state index >= 15 is 0 Å². The highest BCUT2D eigenvalue weighted by molar-refractivity contribution is 5.85. The fraction of sp³-hybridized carbons (Fsp3) is 0.174. The number of pyridine rings is 1. The Balaban J connectivity index is 1.52. The number of para-hydroxylation sites is 1. The number of halogens is 5. The van der Waals surface area contributed by atoms with Crippen molar-refractivity contribution in [2.75, 3.05) is 11.9 Å². The molecule has 174 valence electrons. The van der Waals surface area contributed by atoms with Gasteiger partial charge in [-0.2, -0.15) is 22.8 Å². The van der Waals surface area contributed by atoms with Crippen molar-refractivity contribution in [2.24, 2.45) is 0 Å². The summed E-state index contributed by atoms with van der Waals surface area (Å²) in [5.41, 5.74) is 1.00. The lowest BCUT2D eigenvalue weighted by molar-refractivity contribution is -0.136. The first-order chi connectivity index (χ1) is 16.2. The van der Waals surface area contributed by atoms with Crippen molar-refractivity contribution in [3.05, 3.63) is 77.4 Å². The highest BCUT2D eigenvalue weighted by Gasteiger charge is 2.36. The van der Waals surface area contributed by atoms with Gasteiger partial charge in [-0.3, -0.25) is 4.98 Å². The van der Waals surface area contributed by atoms with Gasteiger partial charge in [0.15, 0.2) is 5.65 Å². The van der Waals surface area contributed by atoms with Crippen molar-refractivity contribution in [1.29, 1.82) is 0 Å². The van der Waals surface area contributed by atoms with Crippen molar-refractivity contribution >= 4 is 22.4 Å². The first kappa shape index (κ1) is 21.8. The average Bonchev–Trinajstić information content (AvgIpc) is 3.36. The van der Waals surface area contributed by atoms with Crippen LogP contribution in [0.25, 0.3) is 27.8 Å². The van der Waals surface area contributed by atoms with Crippen molar-refractivity contribution in [3.8, 4) is 11.3 Å². The number of fused-ring (bicyclic) bond motifs is 2. The molecular formula is C23H17F5N6. The third kappa shape index (κ3) is 3.82. The topological polar surface area (TPSA) is 70.9 Å². The summed E-state index contributed by atoms with van der Waals surface area (Å²) in [5.74, 6) is -0.760. The van der Waals surface area contributed by atoms with Crippen LogP contribution in [-0.2, 0) is 12.6 Å². The molecule has 5 rings (SSSR count). The van der Waals surface area contributed by atoms with Gasteiger partial charge in [-0.1, -0.05) is 12.1 Å². The molecule has 34 heavy (non-hydrogen) atoms. The highest BCUT2D eigenvalue weighted by Crippen LogP contribution is 2.34. The Kier molecular flexibility index (Phi) is 5.18. The molecule has 1 aromatic carbocycles. The largest absolute Gasteiger partial charge is 0.421 e. The predicted octanol–water partition coefficient (Wildman–Crippen LogP) is 5.53. The van der Waals surface area contributed by atoms with Crippen LogP contribution in [-0.4, -0.2) is 31.1 Å². The number of rotatable bonds is 5. The molecule has 2 N–H and O–H groups in total. The van der Waals surface area contributed by atoms with Crippen LogP contribution in [0.4, 0.5) is 27.8 Å². The molecule has 0 aliphatic rings. The minimum absolute atomic E-state index is 0.110. The van der Waals surface area contributed by atoms with Crippen LogP contribution < -0.4 is 5.32 Å². The van der Waals surface area contributed by atoms with Gasteiger partial charge in [0.25, 0.3) is 0 Å². The van der Waals surface area contributed by atoms with E-state index in [0.717, 1.165) is 33.4 Å². The van der Waals surface area contributed by atoms with Gasteiger partial charge < -0.3 is 10.3 Å². The van der Waals surface area contributed by atoms with E-state index in [-0.39, 0.29) is 22.9 Å². The van der Waals surface area contributed by atoms with Gasteiger partial charge in [-0.15, -0.1) is 0 Å². The van der Waals surface area contributed by atoms with E-state index in [4.69, 9.17) is 0 Å². The number of benzene rings is 1. The molecule has 0 unspecified atom stereocenters. The first-order valence-corrected chi connectivity index (χ1v) is 10.3. The summed E-state index contributed by atoms with van der Waals surface area (Å²) >= 11 is 0. The third-order valence-corrected chi connectivity index (χ3v) is 5.56. The fourth-order valence-corrected chi connectivity index (χ4v) is 3.99. The van der Waals surface area contributed by atoms with E-state index in [1.54, 1.807) is 12.1 Å². The Bertz CT molecular complexity index is 1520. The maximum atomic E-state index is 14.1. The van der Waals surface area contributed by atoms with E-state index in [0.29, 0.717) is 24.7 Å². The van der Waals surface area contributed by atoms with Crippen LogP contribution in [0.1, 0.15) is 16.8 Å². The smallest absolute Gasteiger partial charge is 0.370 e. The number of hydrogen-bond acceptors (Lipinski definition) is 4. The van der Waals surface area contributed by atoms with Gasteiger partial charge in [0.2, 0.25) is 0 Å². The number of alkyl halides is 3. The number of aromatic nitrogens is 5. The molecule has 0 saturated heterocycles. The molecule has 0 bridgehead atoms. The lowest BCUT2D eigenvalue weighted by Crippen LogP contribution is -2.11. The number of aromatic amines is 1. The van der Waals surface area contributed by atoms with E-state index in [1.807, 2.05) is 6.92 Å². The monoisotopic (exact) mass is 472 g/mol. The molecule has 6 nitrogen and oxygen atoms in total. The number of nitrogens with one attached hydrogen (secondary N) is 2. The molecule has 4 aromatic heterocycles. The van der Waals surface area contributed by atoms with Gasteiger partial charge in [0, 0.05) is 35.5 Å². The van der Waals surface area contributed by atoms with E-state index in [9.17, 15) is 22.0 Å². The van der Waals surface area contributed by atoms with Crippen molar-refractivity contribution < 1.29 is 22.0 Å². The molecule has 0 aliphatic carbocycles. The van der Waals surface area contributed by atoms with E-state index in [2.05, 4.69) is 25.4 Å². The summed E-state index contributed by atoms with van der Waals surface area (Å²) in [5, 5.41) is 7.69. The summed E-state index contributed by atoms with van der Waals surface area (Å²) < 4.78 is 69.4. The van der Waals surface area contributed by atoms with Crippen LogP contribution in [0.15, 0.2) is 48.9 Å². The molecule has 5 aromatic rings. The molecule has 0 atom stereocenters. The number of hydrogen-bond donors (Lipinski definition) is 2. The fourth-order valence-electron chi connectivity index (χ4n) is 3.99. The van der Waals surface area contributed by atoms with Crippen molar-refractivity contribution in [1.82, 2.24) is 24.6 Å². The Hall–Kier alpha value is -4.02. The minimum atomic E-state index is -4.67. The van der Waals surface area contributed by atoms with E-state index < -0.39 is 23.2 Å². The Labute approximate surface area is 189 Å². The zero-order valence-corrected chi connectivity index (χ0v) is 17.7. The second kappa shape index (κ2) is 8.08. The van der Waals surface area contributed by atoms with Gasteiger partial charge in [-0.25, -0.2) is 13.8 Å². The Morgan fingerprint density at radius 1 is 1.09 bits per heavy atom. The van der Waals surface area contributed by atoms with Crippen LogP contribution in [0, 0.1) is 18.6 Å². The second-order valence-corrected chi connectivity index (χ2v) is 7.78. The third-order valence-electron chi connectivity index (χ3n) is 5.56. The maximum Gasteiger partial charge on any atom is 0.421 e. The summed E-state index contributed by atoms with van der Waals surface area (Å²) in [6.45, 7) is 2.14. The molecule has 0 amide bonds. The van der Waals surface area contributed by atoms with Gasteiger partial charge >= 0.3 is 6.18 Å². The van der Waals surface area contributed by atoms with Crippen LogP contribution in [0.2, 0.25) is 0 Å². The van der Waals surface area contributed by atoms with Gasteiger partial charge in [-0.05, 0) is 31.0 Å². The van der Waals surface area contributed by atoms with Crippen molar-refractivity contribution in [2.45, 2.75) is 19.5 Å². The molecular weight excluding hydrogens is 455 g/mol. The number of anilines is 1. The van der Waals surface area contributed by atoms with Crippen LogP contribution >= 0.6 is 0 Å². The summed E-state index contributed by atoms with van der Waals surface area (Å²) in [6.07, 6.45) is -1.19. The predicted molar refractivity (Wildman–Crippen MR) is 116 cm³/mol. The highest BCUT2D eigenvalue weighted by atomic mass is 19.4. The lowest BCUT2D eigenvalue weighted by Gasteiger charge is -2.12. The number of H-pyrrole nitrogens is 1. The zero-order valence-electron chi connectivity index (χ0n) is 17.7. The average molecular weight is 472 g/mol. The molecule has 0 saturated carbocycles. The molecule has 11 heteroatoms. The quantitative estimate of drug-likeness (QED) is 0.330. The molecule has 0 spiro atoms.